The third kappa shape index (κ3) is 3.66. The third-order valence-electron chi connectivity index (χ3n) is 4.38. The number of Topliss-reactive ketones (excluding diaryl/α,β-unsaturated/α-hetero) is 1. The summed E-state index contributed by atoms with van der Waals surface area (Å²) >= 11 is 0. The predicted octanol–water partition coefficient (Wildman–Crippen LogP) is 3.61. The summed E-state index contributed by atoms with van der Waals surface area (Å²) in [4.78, 5) is 14.6. The van der Waals surface area contributed by atoms with E-state index in [0.29, 0.717) is 6.54 Å². The topological polar surface area (TPSA) is 20.3 Å². The van der Waals surface area contributed by atoms with Crippen LogP contribution in [0.3, 0.4) is 0 Å². The minimum absolute atomic E-state index is 0.254. The first-order valence-corrected chi connectivity index (χ1v) is 7.43. The van der Waals surface area contributed by atoms with Crippen molar-refractivity contribution in [2.75, 3.05) is 19.6 Å². The van der Waals surface area contributed by atoms with E-state index in [-0.39, 0.29) is 5.78 Å². The predicted molar refractivity (Wildman–Crippen MR) is 79.7 cm³/mol. The number of benzene rings is 1. The number of hydrogen-bond acceptors (Lipinski definition) is 2. The second-order valence-corrected chi connectivity index (χ2v) is 5.85. The molecule has 0 bridgehead atoms. The van der Waals surface area contributed by atoms with Crippen molar-refractivity contribution in [3.8, 4) is 0 Å². The van der Waals surface area contributed by atoms with Gasteiger partial charge >= 0.3 is 0 Å². The quantitative estimate of drug-likeness (QED) is 0.727. The molecule has 0 radical (unpaired) electrons. The van der Waals surface area contributed by atoms with Crippen molar-refractivity contribution in [1.82, 2.24) is 4.90 Å². The van der Waals surface area contributed by atoms with Gasteiger partial charge < -0.3 is 0 Å². The summed E-state index contributed by atoms with van der Waals surface area (Å²) in [5.74, 6) is 1.08. The lowest BCUT2D eigenvalue weighted by Crippen LogP contribution is -2.36. The Morgan fingerprint density at radius 3 is 2.53 bits per heavy atom. The maximum Gasteiger partial charge on any atom is 0.176 e. The highest BCUT2D eigenvalue weighted by Gasteiger charge is 2.21. The van der Waals surface area contributed by atoms with Gasteiger partial charge in [-0.25, -0.2) is 0 Å². The molecule has 0 atom stereocenters. The van der Waals surface area contributed by atoms with Crippen molar-refractivity contribution in [3.63, 3.8) is 0 Å². The molecule has 2 heteroatoms. The normalized spacial score (nSPS) is 15.6. The van der Waals surface area contributed by atoms with Crippen LogP contribution in [-0.4, -0.2) is 30.3 Å². The molecule has 19 heavy (non-hydrogen) atoms. The molecule has 2 nitrogen and oxygen atoms in total. The molecule has 1 aromatic carbocycles. The number of likely N-dealkylation sites (N-methyl/N-ethyl adjacent to an activating group) is 1. The van der Waals surface area contributed by atoms with Crippen LogP contribution in [0.15, 0.2) is 18.2 Å². The largest absolute Gasteiger partial charge is 0.296 e. The maximum absolute atomic E-state index is 12.3. The van der Waals surface area contributed by atoms with Crippen LogP contribution in [0.25, 0.3) is 0 Å². The van der Waals surface area contributed by atoms with Gasteiger partial charge in [-0.1, -0.05) is 25.5 Å². The number of carbonyl (C=O) groups excluding carboxylic acids is 1. The fraction of sp³-hybridized carbons (Fsp3) is 0.588. The van der Waals surface area contributed by atoms with Gasteiger partial charge in [-0.15, -0.1) is 0 Å². The number of hydrogen-bond donors (Lipinski definition) is 0. The lowest BCUT2D eigenvalue weighted by Gasteiger charge is -2.31. The van der Waals surface area contributed by atoms with Gasteiger partial charge in [0, 0.05) is 12.1 Å². The van der Waals surface area contributed by atoms with Gasteiger partial charge in [0.1, 0.15) is 0 Å². The third-order valence-corrected chi connectivity index (χ3v) is 4.38. The minimum Gasteiger partial charge on any atom is -0.296 e. The lowest BCUT2D eigenvalue weighted by atomic mass is 9.85. The van der Waals surface area contributed by atoms with E-state index in [2.05, 4.69) is 25.7 Å². The molecule has 0 aromatic heterocycles. The van der Waals surface area contributed by atoms with Gasteiger partial charge in [0.25, 0.3) is 0 Å². The first-order chi connectivity index (χ1) is 9.10. The number of nitrogens with zero attached hydrogens (tertiary/aromatic N) is 1. The Kier molecular flexibility index (Phi) is 4.76. The molecule has 0 aliphatic heterocycles. The molecule has 1 aromatic rings. The summed E-state index contributed by atoms with van der Waals surface area (Å²) in [6, 6.07) is 6.03. The highest BCUT2D eigenvalue weighted by molar-refractivity contribution is 5.97. The highest BCUT2D eigenvalue weighted by atomic mass is 16.1. The van der Waals surface area contributed by atoms with E-state index >= 15 is 0 Å². The fourth-order valence-corrected chi connectivity index (χ4v) is 2.56. The van der Waals surface area contributed by atoms with Crippen LogP contribution >= 0.6 is 0 Å². The van der Waals surface area contributed by atoms with E-state index < -0.39 is 0 Å². The Hall–Kier alpha value is -1.15. The molecule has 0 saturated heterocycles. The number of carbonyl (C=O) groups is 1. The second-order valence-electron chi connectivity index (χ2n) is 5.85. The second kappa shape index (κ2) is 6.33. The molecule has 1 aliphatic rings. The van der Waals surface area contributed by atoms with Crippen LogP contribution in [0.5, 0.6) is 0 Å². The van der Waals surface area contributed by atoms with Crippen molar-refractivity contribution in [1.29, 1.82) is 0 Å². The van der Waals surface area contributed by atoms with Gasteiger partial charge in [-0.3, -0.25) is 9.69 Å². The van der Waals surface area contributed by atoms with E-state index in [4.69, 9.17) is 0 Å². The average molecular weight is 259 g/mol. The molecule has 1 fully saturated rings. The van der Waals surface area contributed by atoms with Crippen LogP contribution in [0.1, 0.15) is 47.7 Å². The van der Waals surface area contributed by atoms with E-state index in [0.717, 1.165) is 24.6 Å². The maximum atomic E-state index is 12.3. The minimum atomic E-state index is 0.254. The first kappa shape index (κ1) is 14.3. The number of aryl methyl sites for hydroxylation is 2. The van der Waals surface area contributed by atoms with Gasteiger partial charge in [0.15, 0.2) is 5.78 Å². The van der Waals surface area contributed by atoms with E-state index in [9.17, 15) is 4.79 Å². The molecular formula is C17H25NO. The Morgan fingerprint density at radius 1 is 1.26 bits per heavy atom. The summed E-state index contributed by atoms with van der Waals surface area (Å²) in [6.07, 6.45) is 4.05. The Bertz CT molecular complexity index is 449. The molecule has 1 aliphatic carbocycles. The Balaban J connectivity index is 1.95. The zero-order valence-corrected chi connectivity index (χ0v) is 12.4. The van der Waals surface area contributed by atoms with Crippen LogP contribution in [0, 0.1) is 19.8 Å². The summed E-state index contributed by atoms with van der Waals surface area (Å²) in [6.45, 7) is 8.92. The van der Waals surface area contributed by atoms with Crippen LogP contribution < -0.4 is 0 Å². The monoisotopic (exact) mass is 259 g/mol. The molecule has 0 spiro atoms. The molecular weight excluding hydrogens is 234 g/mol. The molecule has 0 heterocycles. The van der Waals surface area contributed by atoms with Gasteiger partial charge in [0.05, 0.1) is 6.54 Å². The highest BCUT2D eigenvalue weighted by Crippen LogP contribution is 2.27. The van der Waals surface area contributed by atoms with Crippen LogP contribution in [0.4, 0.5) is 0 Å². The van der Waals surface area contributed by atoms with Crippen LogP contribution in [0.2, 0.25) is 0 Å². The summed E-state index contributed by atoms with van der Waals surface area (Å²) in [5.41, 5.74) is 3.31. The number of ketones is 1. The van der Waals surface area contributed by atoms with E-state index in [1.807, 2.05) is 18.2 Å². The molecule has 104 valence electrons. The molecule has 0 unspecified atom stereocenters. The standard InChI is InChI=1S/C17H25NO/c1-4-18(11-15-6-5-7-15)12-17(19)16-9-8-13(2)14(3)10-16/h8-10,15H,4-7,11-12H2,1-3H3. The van der Waals surface area contributed by atoms with Crippen molar-refractivity contribution in [2.45, 2.75) is 40.0 Å². The molecule has 0 N–H and O–H groups in total. The van der Waals surface area contributed by atoms with Crippen molar-refractivity contribution in [3.05, 3.63) is 34.9 Å². The smallest absolute Gasteiger partial charge is 0.176 e. The van der Waals surface area contributed by atoms with E-state index in [1.165, 1.54) is 30.4 Å². The number of rotatable bonds is 6. The van der Waals surface area contributed by atoms with Crippen LogP contribution in [-0.2, 0) is 0 Å². The summed E-state index contributed by atoms with van der Waals surface area (Å²) in [5, 5.41) is 0. The Morgan fingerprint density at radius 2 is 2.00 bits per heavy atom. The summed E-state index contributed by atoms with van der Waals surface area (Å²) < 4.78 is 0. The SMILES string of the molecule is CCN(CC(=O)c1ccc(C)c(C)c1)CC1CCC1. The van der Waals surface area contributed by atoms with Gasteiger partial charge in [-0.05, 0) is 56.3 Å². The zero-order chi connectivity index (χ0) is 13.8. The van der Waals surface area contributed by atoms with Crippen molar-refractivity contribution < 1.29 is 4.79 Å². The summed E-state index contributed by atoms with van der Waals surface area (Å²) in [7, 11) is 0. The fourth-order valence-electron chi connectivity index (χ4n) is 2.56. The molecule has 0 amide bonds. The van der Waals surface area contributed by atoms with Crippen molar-refractivity contribution in [2.24, 2.45) is 5.92 Å². The first-order valence-electron chi connectivity index (χ1n) is 7.43. The lowest BCUT2D eigenvalue weighted by molar-refractivity contribution is 0.0905. The zero-order valence-electron chi connectivity index (χ0n) is 12.4. The van der Waals surface area contributed by atoms with Gasteiger partial charge in [0.2, 0.25) is 0 Å². The molecule has 2 rings (SSSR count). The Labute approximate surface area is 116 Å². The molecule has 1 saturated carbocycles. The average Bonchev–Trinajstić information content (AvgIpc) is 2.35. The van der Waals surface area contributed by atoms with Gasteiger partial charge in [-0.2, -0.15) is 0 Å². The van der Waals surface area contributed by atoms with Crippen molar-refractivity contribution >= 4 is 5.78 Å². The van der Waals surface area contributed by atoms with E-state index in [1.54, 1.807) is 0 Å².